The lowest BCUT2D eigenvalue weighted by Gasteiger charge is -2.12. The number of halogens is 2. The van der Waals surface area contributed by atoms with E-state index in [1.54, 1.807) is 33.5 Å². The maximum Gasteiger partial charge on any atom is 0.248 e. The first-order chi connectivity index (χ1) is 12.1. The summed E-state index contributed by atoms with van der Waals surface area (Å²) in [5, 5.41) is 8.71. The highest BCUT2D eigenvalue weighted by Gasteiger charge is 2.17. The average molecular weight is 373 g/mol. The van der Waals surface area contributed by atoms with Gasteiger partial charge in [-0.2, -0.15) is 0 Å². The second-order valence-electron chi connectivity index (χ2n) is 5.08. The van der Waals surface area contributed by atoms with Gasteiger partial charge in [0.2, 0.25) is 6.43 Å². The molecule has 0 aliphatic rings. The Hall–Kier alpha value is -1.87. The van der Waals surface area contributed by atoms with Crippen molar-refractivity contribution >= 4 is 11.8 Å². The number of hydrogen-bond acceptors (Lipinski definition) is 6. The Morgan fingerprint density at radius 2 is 1.88 bits per heavy atom. The number of alkyl halides is 2. The predicted molar refractivity (Wildman–Crippen MR) is 91.8 cm³/mol. The van der Waals surface area contributed by atoms with Gasteiger partial charge in [-0.05, 0) is 24.6 Å². The quantitative estimate of drug-likeness (QED) is 0.470. The van der Waals surface area contributed by atoms with Crippen LogP contribution in [0.15, 0.2) is 23.4 Å². The number of ether oxygens (including phenoxy) is 3. The van der Waals surface area contributed by atoms with Crippen molar-refractivity contribution in [2.75, 3.05) is 33.7 Å². The van der Waals surface area contributed by atoms with Crippen molar-refractivity contribution in [1.82, 2.24) is 14.8 Å². The molecule has 0 fully saturated rings. The van der Waals surface area contributed by atoms with Gasteiger partial charge in [0.15, 0.2) is 22.5 Å². The van der Waals surface area contributed by atoms with E-state index < -0.39 is 6.43 Å². The van der Waals surface area contributed by atoms with E-state index in [9.17, 15) is 8.78 Å². The summed E-state index contributed by atoms with van der Waals surface area (Å²) in [6.07, 6.45) is -1.68. The summed E-state index contributed by atoms with van der Waals surface area (Å²) in [6.45, 7) is 1.12. The normalized spacial score (nSPS) is 11.1. The van der Waals surface area contributed by atoms with Crippen LogP contribution in [0.3, 0.4) is 0 Å². The lowest BCUT2D eigenvalue weighted by atomic mass is 10.2. The summed E-state index contributed by atoms with van der Waals surface area (Å²) in [5.41, 5.74) is 0.770. The van der Waals surface area contributed by atoms with Gasteiger partial charge < -0.3 is 18.8 Å². The van der Waals surface area contributed by atoms with Crippen molar-refractivity contribution in [3.8, 4) is 22.9 Å². The third kappa shape index (κ3) is 5.05. The van der Waals surface area contributed by atoms with Crippen LogP contribution in [0, 0.1) is 0 Å². The van der Waals surface area contributed by atoms with Crippen molar-refractivity contribution in [2.45, 2.75) is 24.5 Å². The van der Waals surface area contributed by atoms with Crippen LogP contribution in [0.2, 0.25) is 0 Å². The van der Waals surface area contributed by atoms with Crippen molar-refractivity contribution in [1.29, 1.82) is 0 Å². The van der Waals surface area contributed by atoms with Crippen LogP contribution in [-0.4, -0.2) is 54.9 Å². The van der Waals surface area contributed by atoms with Crippen molar-refractivity contribution in [3.63, 3.8) is 0 Å². The number of methoxy groups -OCH3 is 3. The minimum absolute atomic E-state index is 0.325. The molecule has 0 aliphatic carbocycles. The third-order valence-electron chi connectivity index (χ3n) is 3.43. The highest BCUT2D eigenvalue weighted by molar-refractivity contribution is 7.99. The zero-order chi connectivity index (χ0) is 18.2. The summed E-state index contributed by atoms with van der Waals surface area (Å²) >= 11 is 0.989. The van der Waals surface area contributed by atoms with Gasteiger partial charge >= 0.3 is 0 Å². The first-order valence-electron chi connectivity index (χ1n) is 7.66. The fourth-order valence-corrected chi connectivity index (χ4v) is 3.00. The fourth-order valence-electron chi connectivity index (χ4n) is 2.29. The molecular formula is C16H21F2N3O3S. The van der Waals surface area contributed by atoms with E-state index in [1.165, 1.54) is 0 Å². The Labute approximate surface area is 149 Å². The van der Waals surface area contributed by atoms with Gasteiger partial charge in [-0.1, -0.05) is 11.8 Å². The first-order valence-corrected chi connectivity index (χ1v) is 8.64. The van der Waals surface area contributed by atoms with Crippen LogP contribution in [0.25, 0.3) is 11.4 Å². The molecule has 2 rings (SSSR count). The maximum atomic E-state index is 12.5. The molecule has 1 aromatic carbocycles. The van der Waals surface area contributed by atoms with Gasteiger partial charge in [0, 0.05) is 25.8 Å². The summed E-state index contributed by atoms with van der Waals surface area (Å²) in [4.78, 5) is 0. The SMILES string of the molecule is COCCCn1c(SCC(F)F)nnc1-c1ccc(OC)c(OC)c1. The zero-order valence-electron chi connectivity index (χ0n) is 14.4. The maximum absolute atomic E-state index is 12.5. The largest absolute Gasteiger partial charge is 0.493 e. The smallest absolute Gasteiger partial charge is 0.248 e. The molecule has 0 saturated heterocycles. The van der Waals surface area contributed by atoms with Crippen molar-refractivity contribution in [2.24, 2.45) is 0 Å². The number of benzene rings is 1. The summed E-state index contributed by atoms with van der Waals surface area (Å²) in [6, 6.07) is 5.39. The Morgan fingerprint density at radius 1 is 1.12 bits per heavy atom. The van der Waals surface area contributed by atoms with E-state index in [0.717, 1.165) is 23.7 Å². The molecule has 0 spiro atoms. The van der Waals surface area contributed by atoms with Crippen LogP contribution < -0.4 is 9.47 Å². The molecule has 0 amide bonds. The summed E-state index contributed by atoms with van der Waals surface area (Å²) < 4.78 is 42.5. The number of hydrogen-bond donors (Lipinski definition) is 0. The molecule has 0 saturated carbocycles. The number of rotatable bonds is 10. The van der Waals surface area contributed by atoms with Gasteiger partial charge in [0.25, 0.3) is 0 Å². The zero-order valence-corrected chi connectivity index (χ0v) is 15.2. The van der Waals surface area contributed by atoms with Gasteiger partial charge in [0.1, 0.15) is 0 Å². The monoisotopic (exact) mass is 373 g/mol. The van der Waals surface area contributed by atoms with Gasteiger partial charge in [-0.3, -0.25) is 0 Å². The van der Waals surface area contributed by atoms with Crippen LogP contribution in [0.5, 0.6) is 11.5 Å². The van der Waals surface area contributed by atoms with Crippen molar-refractivity contribution < 1.29 is 23.0 Å². The Bertz CT molecular complexity index is 683. The van der Waals surface area contributed by atoms with Gasteiger partial charge in [-0.25, -0.2) is 8.78 Å². The van der Waals surface area contributed by atoms with Crippen LogP contribution in [0.1, 0.15) is 6.42 Å². The minimum atomic E-state index is -2.40. The molecule has 2 aromatic rings. The molecule has 0 atom stereocenters. The molecule has 6 nitrogen and oxygen atoms in total. The molecule has 0 aliphatic heterocycles. The second-order valence-corrected chi connectivity index (χ2v) is 6.06. The Balaban J connectivity index is 2.35. The molecule has 1 aromatic heterocycles. The predicted octanol–water partition coefficient (Wildman–Crippen LogP) is 3.36. The Kier molecular flexibility index (Phi) is 7.45. The lowest BCUT2D eigenvalue weighted by molar-refractivity contribution is 0.176. The average Bonchev–Trinajstić information content (AvgIpc) is 3.02. The molecule has 0 bridgehead atoms. The fraction of sp³-hybridized carbons (Fsp3) is 0.500. The van der Waals surface area contributed by atoms with E-state index in [4.69, 9.17) is 14.2 Å². The third-order valence-corrected chi connectivity index (χ3v) is 4.41. The standard InChI is InChI=1S/C16H21F2N3O3S/c1-22-8-4-7-21-15(19-20-16(21)25-10-14(17)18)11-5-6-12(23-2)13(9-11)24-3/h5-6,9,14H,4,7-8,10H2,1-3H3. The van der Waals surface area contributed by atoms with Crippen LogP contribution >= 0.6 is 11.8 Å². The molecule has 0 unspecified atom stereocenters. The van der Waals surface area contributed by atoms with Gasteiger partial charge in [0.05, 0.1) is 20.0 Å². The van der Waals surface area contributed by atoms with Crippen LogP contribution in [0.4, 0.5) is 8.78 Å². The van der Waals surface area contributed by atoms with E-state index in [0.29, 0.717) is 35.6 Å². The Morgan fingerprint density at radius 3 is 2.52 bits per heavy atom. The summed E-state index contributed by atoms with van der Waals surface area (Å²) in [5.74, 6) is 1.43. The van der Waals surface area contributed by atoms with E-state index >= 15 is 0 Å². The molecule has 25 heavy (non-hydrogen) atoms. The molecule has 0 radical (unpaired) electrons. The number of aromatic nitrogens is 3. The van der Waals surface area contributed by atoms with Crippen LogP contribution in [-0.2, 0) is 11.3 Å². The first kappa shape index (κ1) is 19.5. The molecule has 9 heteroatoms. The topological polar surface area (TPSA) is 58.4 Å². The molecule has 138 valence electrons. The number of thioether (sulfide) groups is 1. The van der Waals surface area contributed by atoms with E-state index in [2.05, 4.69) is 10.2 Å². The van der Waals surface area contributed by atoms with E-state index in [-0.39, 0.29) is 5.75 Å². The second kappa shape index (κ2) is 9.57. The highest BCUT2D eigenvalue weighted by Crippen LogP contribution is 2.33. The van der Waals surface area contributed by atoms with Gasteiger partial charge in [-0.15, -0.1) is 10.2 Å². The molecule has 1 heterocycles. The van der Waals surface area contributed by atoms with Crippen molar-refractivity contribution in [3.05, 3.63) is 18.2 Å². The highest BCUT2D eigenvalue weighted by atomic mass is 32.2. The molecule has 0 N–H and O–H groups in total. The molecular weight excluding hydrogens is 352 g/mol. The number of nitrogens with zero attached hydrogens (tertiary/aromatic N) is 3. The lowest BCUT2D eigenvalue weighted by Crippen LogP contribution is -2.06. The minimum Gasteiger partial charge on any atom is -0.493 e. The van der Waals surface area contributed by atoms with E-state index in [1.807, 2.05) is 10.6 Å². The summed E-state index contributed by atoms with van der Waals surface area (Å²) in [7, 11) is 4.73.